The predicted octanol–water partition coefficient (Wildman–Crippen LogP) is 4.47. The van der Waals surface area contributed by atoms with Gasteiger partial charge in [-0.25, -0.2) is 13.5 Å². The van der Waals surface area contributed by atoms with Crippen LogP contribution in [0.25, 0.3) is 33.2 Å². The lowest BCUT2D eigenvalue weighted by atomic mass is 10.0. The highest BCUT2D eigenvalue weighted by Gasteiger charge is 2.26. The molecule has 0 bridgehead atoms. The monoisotopic (exact) mass is 496 g/mol. The first-order valence-corrected chi connectivity index (χ1v) is 12.2. The van der Waals surface area contributed by atoms with Crippen LogP contribution < -0.4 is 11.1 Å². The Morgan fingerprint density at radius 1 is 1.11 bits per heavy atom. The number of benzene rings is 2. The predicted molar refractivity (Wildman–Crippen MR) is 132 cm³/mol. The Hall–Kier alpha value is -3.93. The molecule has 0 saturated carbocycles. The average Bonchev–Trinajstić information content (AvgIpc) is 3.41. The molecule has 0 aliphatic heterocycles. The molecular formula is C23H22F2N8OS. The number of nitrogens with one attached hydrogen (secondary N) is 2. The molecule has 4 N–H and O–H groups in total. The SMILES string of the molecule is CS(=O)c1ccc(Nc2nc(N)c3c(-c4ccc(F)c5[nH]ncc45)nn(C(C)(C)C)c3n2)c(F)c1. The second-order valence-electron chi connectivity index (χ2n) is 9.04. The van der Waals surface area contributed by atoms with Crippen molar-refractivity contribution in [2.45, 2.75) is 31.2 Å². The van der Waals surface area contributed by atoms with E-state index in [0.717, 1.165) is 0 Å². The third-order valence-corrected chi connectivity index (χ3v) is 6.45. The van der Waals surface area contributed by atoms with Crippen molar-refractivity contribution in [3.8, 4) is 11.3 Å². The summed E-state index contributed by atoms with van der Waals surface area (Å²) in [5.74, 6) is -0.838. The third kappa shape index (κ3) is 3.89. The molecule has 0 spiro atoms. The van der Waals surface area contributed by atoms with Gasteiger partial charge < -0.3 is 11.1 Å². The van der Waals surface area contributed by atoms with Gasteiger partial charge in [-0.05, 0) is 51.1 Å². The highest BCUT2D eigenvalue weighted by Crippen LogP contribution is 2.37. The van der Waals surface area contributed by atoms with E-state index in [1.54, 1.807) is 16.8 Å². The summed E-state index contributed by atoms with van der Waals surface area (Å²) in [5, 5.41) is 15.3. The maximum atomic E-state index is 14.6. The van der Waals surface area contributed by atoms with Gasteiger partial charge in [-0.1, -0.05) is 0 Å². The van der Waals surface area contributed by atoms with Crippen molar-refractivity contribution in [3.63, 3.8) is 0 Å². The van der Waals surface area contributed by atoms with Gasteiger partial charge in [0.25, 0.3) is 0 Å². The van der Waals surface area contributed by atoms with Crippen LogP contribution in [0.4, 0.5) is 26.2 Å². The zero-order chi connectivity index (χ0) is 25.1. The number of nitrogens with zero attached hydrogens (tertiary/aromatic N) is 5. The van der Waals surface area contributed by atoms with Gasteiger partial charge in [0.2, 0.25) is 5.95 Å². The summed E-state index contributed by atoms with van der Waals surface area (Å²) < 4.78 is 42.2. The lowest BCUT2D eigenvalue weighted by Gasteiger charge is -2.20. The van der Waals surface area contributed by atoms with E-state index in [0.29, 0.717) is 32.6 Å². The highest BCUT2D eigenvalue weighted by atomic mass is 32.2. The fourth-order valence-electron chi connectivity index (χ4n) is 3.86. The summed E-state index contributed by atoms with van der Waals surface area (Å²) >= 11 is 0. The van der Waals surface area contributed by atoms with Crippen molar-refractivity contribution in [3.05, 3.63) is 48.2 Å². The number of H-pyrrole nitrogens is 1. The number of rotatable bonds is 4. The number of aromatic amines is 1. The molecule has 0 aliphatic carbocycles. The molecule has 35 heavy (non-hydrogen) atoms. The minimum absolute atomic E-state index is 0.0729. The van der Waals surface area contributed by atoms with Crippen LogP contribution in [0.5, 0.6) is 0 Å². The van der Waals surface area contributed by atoms with E-state index < -0.39 is 28.0 Å². The Morgan fingerprint density at radius 3 is 2.57 bits per heavy atom. The number of nitrogen functional groups attached to an aromatic ring is 1. The summed E-state index contributed by atoms with van der Waals surface area (Å²) in [4.78, 5) is 9.31. The first-order valence-electron chi connectivity index (χ1n) is 10.6. The third-order valence-electron chi connectivity index (χ3n) is 5.53. The van der Waals surface area contributed by atoms with E-state index in [1.807, 2.05) is 20.8 Å². The first-order chi connectivity index (χ1) is 16.5. The molecule has 0 saturated heterocycles. The maximum absolute atomic E-state index is 14.6. The second-order valence-corrected chi connectivity index (χ2v) is 10.4. The molecule has 0 radical (unpaired) electrons. The van der Waals surface area contributed by atoms with E-state index in [1.165, 1.54) is 30.7 Å². The summed E-state index contributed by atoms with van der Waals surface area (Å²) in [6.07, 6.45) is 3.00. The van der Waals surface area contributed by atoms with E-state index in [4.69, 9.17) is 10.8 Å². The quantitative estimate of drug-likeness (QED) is 0.335. The Balaban J connectivity index is 1.70. The van der Waals surface area contributed by atoms with Gasteiger partial charge in [-0.15, -0.1) is 0 Å². The van der Waals surface area contributed by atoms with Gasteiger partial charge in [-0.2, -0.15) is 20.2 Å². The number of halogens is 2. The molecule has 5 aromatic rings. The van der Waals surface area contributed by atoms with Gasteiger partial charge in [0, 0.05) is 32.9 Å². The number of hydrogen-bond acceptors (Lipinski definition) is 7. The second kappa shape index (κ2) is 8.08. The molecule has 9 nitrogen and oxygen atoms in total. The van der Waals surface area contributed by atoms with Crippen LogP contribution >= 0.6 is 0 Å². The number of fused-ring (bicyclic) bond motifs is 2. The molecule has 1 unspecified atom stereocenters. The number of aromatic nitrogens is 6. The molecule has 3 heterocycles. The molecular weight excluding hydrogens is 474 g/mol. The number of hydrogen-bond donors (Lipinski definition) is 3. The van der Waals surface area contributed by atoms with E-state index in [-0.39, 0.29) is 23.0 Å². The maximum Gasteiger partial charge on any atom is 0.231 e. The zero-order valence-electron chi connectivity index (χ0n) is 19.3. The summed E-state index contributed by atoms with van der Waals surface area (Å²) in [7, 11) is -1.31. The molecule has 12 heteroatoms. The van der Waals surface area contributed by atoms with Crippen LogP contribution in [-0.4, -0.2) is 40.4 Å². The molecule has 2 aromatic carbocycles. The number of anilines is 3. The zero-order valence-corrected chi connectivity index (χ0v) is 20.2. The van der Waals surface area contributed by atoms with Gasteiger partial charge in [0.05, 0.1) is 22.8 Å². The standard InChI is InChI=1S/C23H22F2N8OS/c1-23(2,3)33-21-17(19(32-33)12-6-7-14(24)18-13(12)10-27-31-18)20(26)29-22(30-21)28-16-8-5-11(35(4)34)9-15(16)25/h5-10H,1-4H3,(H,27,31)(H3,26,28,29,30). The van der Waals surface area contributed by atoms with Crippen molar-refractivity contribution < 1.29 is 13.0 Å². The van der Waals surface area contributed by atoms with Crippen LogP contribution in [0.1, 0.15) is 20.8 Å². The van der Waals surface area contributed by atoms with Crippen LogP contribution in [0.3, 0.4) is 0 Å². The molecule has 5 rings (SSSR count). The molecule has 0 amide bonds. The minimum atomic E-state index is -1.31. The van der Waals surface area contributed by atoms with Crippen molar-refractivity contribution in [2.24, 2.45) is 0 Å². The van der Waals surface area contributed by atoms with Crippen molar-refractivity contribution in [2.75, 3.05) is 17.3 Å². The largest absolute Gasteiger partial charge is 0.383 e. The van der Waals surface area contributed by atoms with Crippen LogP contribution in [0, 0.1) is 11.6 Å². The smallest absolute Gasteiger partial charge is 0.231 e. The molecule has 1 atom stereocenters. The molecule has 0 aliphatic rings. The van der Waals surface area contributed by atoms with Crippen molar-refractivity contribution in [1.82, 2.24) is 29.9 Å². The topological polar surface area (TPSA) is 127 Å². The summed E-state index contributed by atoms with van der Waals surface area (Å²) in [6.45, 7) is 5.86. The van der Waals surface area contributed by atoms with Crippen LogP contribution in [0.15, 0.2) is 41.4 Å². The van der Waals surface area contributed by atoms with Gasteiger partial charge in [-0.3, -0.25) is 9.31 Å². The summed E-state index contributed by atoms with van der Waals surface area (Å²) in [5.41, 5.74) is 7.77. The Labute approximate surface area is 201 Å². The van der Waals surface area contributed by atoms with Crippen molar-refractivity contribution in [1.29, 1.82) is 0 Å². The van der Waals surface area contributed by atoms with Gasteiger partial charge >= 0.3 is 0 Å². The number of nitrogens with two attached hydrogens (primary N) is 1. The fourth-order valence-corrected chi connectivity index (χ4v) is 4.39. The van der Waals surface area contributed by atoms with Gasteiger partial charge in [0.15, 0.2) is 5.65 Å². The fraction of sp³-hybridized carbons (Fsp3) is 0.217. The lowest BCUT2D eigenvalue weighted by Crippen LogP contribution is -2.23. The van der Waals surface area contributed by atoms with E-state index >= 15 is 0 Å². The van der Waals surface area contributed by atoms with Crippen LogP contribution in [-0.2, 0) is 16.3 Å². The Morgan fingerprint density at radius 2 is 1.89 bits per heavy atom. The summed E-state index contributed by atoms with van der Waals surface area (Å²) in [6, 6.07) is 7.17. The highest BCUT2D eigenvalue weighted by molar-refractivity contribution is 7.84. The van der Waals surface area contributed by atoms with Gasteiger partial charge in [0.1, 0.15) is 28.7 Å². The molecule has 180 valence electrons. The molecule has 0 fully saturated rings. The van der Waals surface area contributed by atoms with Crippen LogP contribution in [0.2, 0.25) is 0 Å². The Bertz CT molecular complexity index is 1640. The normalized spacial score (nSPS) is 13.0. The minimum Gasteiger partial charge on any atom is -0.383 e. The molecule has 3 aromatic heterocycles. The van der Waals surface area contributed by atoms with E-state index in [9.17, 15) is 13.0 Å². The lowest BCUT2D eigenvalue weighted by molar-refractivity contribution is 0.367. The van der Waals surface area contributed by atoms with Crippen molar-refractivity contribution >= 4 is 50.2 Å². The van der Waals surface area contributed by atoms with E-state index in [2.05, 4.69) is 25.5 Å². The first kappa shape index (κ1) is 22.8. The average molecular weight is 497 g/mol. The Kier molecular flexibility index (Phi) is 5.28.